The van der Waals surface area contributed by atoms with Crippen molar-refractivity contribution in [1.82, 2.24) is 9.62 Å². The van der Waals surface area contributed by atoms with Crippen molar-refractivity contribution >= 4 is 27.5 Å². The van der Waals surface area contributed by atoms with Gasteiger partial charge in [0.15, 0.2) is 0 Å². The van der Waals surface area contributed by atoms with E-state index in [1.807, 2.05) is 31.2 Å². The second kappa shape index (κ2) is 8.47. The van der Waals surface area contributed by atoms with Gasteiger partial charge in [-0.15, -0.1) is 0 Å². The van der Waals surface area contributed by atoms with E-state index in [1.165, 1.54) is 10.6 Å². The summed E-state index contributed by atoms with van der Waals surface area (Å²) in [6, 6.07) is 14.4. The Kier molecular flexibility index (Phi) is 6.58. The van der Waals surface area contributed by atoms with E-state index >= 15 is 0 Å². The summed E-state index contributed by atoms with van der Waals surface area (Å²) in [7, 11) is -3.39. The number of hydrogen-bond donors (Lipinski definition) is 1. The molecule has 0 aliphatic heterocycles. The minimum absolute atomic E-state index is 0.184. The van der Waals surface area contributed by atoms with Gasteiger partial charge in [0.2, 0.25) is 10.0 Å². The highest BCUT2D eigenvalue weighted by atomic mass is 35.5. The molecule has 1 N–H and O–H groups in total. The molecule has 134 valence electrons. The van der Waals surface area contributed by atoms with Crippen LogP contribution in [-0.2, 0) is 16.6 Å². The van der Waals surface area contributed by atoms with Crippen LogP contribution in [0.25, 0.3) is 0 Å². The molecule has 2 rings (SSSR count). The molecule has 7 heteroatoms. The molecule has 0 aromatic heterocycles. The fraction of sp³-hybridized carbons (Fsp3) is 0.278. The zero-order valence-corrected chi connectivity index (χ0v) is 15.8. The van der Waals surface area contributed by atoms with Crippen LogP contribution in [0.2, 0.25) is 5.02 Å². The molecule has 25 heavy (non-hydrogen) atoms. The van der Waals surface area contributed by atoms with E-state index in [2.05, 4.69) is 5.32 Å². The van der Waals surface area contributed by atoms with Crippen molar-refractivity contribution in [2.45, 2.75) is 13.5 Å². The van der Waals surface area contributed by atoms with Crippen LogP contribution in [0, 0.1) is 6.92 Å². The van der Waals surface area contributed by atoms with E-state index in [4.69, 9.17) is 11.6 Å². The van der Waals surface area contributed by atoms with Crippen LogP contribution < -0.4 is 5.32 Å². The number of halogens is 1. The summed E-state index contributed by atoms with van der Waals surface area (Å²) in [4.78, 5) is 12.1. The molecule has 1 amide bonds. The predicted octanol–water partition coefficient (Wildman–Crippen LogP) is 2.84. The lowest BCUT2D eigenvalue weighted by Crippen LogP contribution is -2.37. The van der Waals surface area contributed by atoms with Crippen molar-refractivity contribution in [3.8, 4) is 0 Å². The Morgan fingerprint density at radius 2 is 1.76 bits per heavy atom. The van der Waals surface area contributed by atoms with Gasteiger partial charge >= 0.3 is 0 Å². The number of amides is 1. The molecule has 0 atom stereocenters. The summed E-state index contributed by atoms with van der Waals surface area (Å²) >= 11 is 5.99. The van der Waals surface area contributed by atoms with Gasteiger partial charge in [0.25, 0.3) is 5.91 Å². The average molecular weight is 381 g/mol. The Hall–Kier alpha value is -1.89. The Bertz CT molecular complexity index is 853. The Labute approximate surface area is 153 Å². The molecule has 2 aromatic carbocycles. The summed E-state index contributed by atoms with van der Waals surface area (Å²) in [5.74, 6) is -0.324. The minimum Gasteiger partial charge on any atom is -0.351 e. The summed E-state index contributed by atoms with van der Waals surface area (Å²) in [5.41, 5.74) is 2.33. The highest BCUT2D eigenvalue weighted by molar-refractivity contribution is 7.88. The maximum absolute atomic E-state index is 12.1. The number of rotatable bonds is 7. The largest absolute Gasteiger partial charge is 0.351 e. The van der Waals surface area contributed by atoms with Crippen molar-refractivity contribution in [2.75, 3.05) is 19.3 Å². The standard InChI is InChI=1S/C18H21ClN2O3S/c1-14-7-3-4-8-15(14)13-21(25(2,23)24)12-11-20-18(22)16-9-5-6-10-17(16)19/h3-10H,11-13H2,1-2H3,(H,20,22). The van der Waals surface area contributed by atoms with Crippen LogP contribution >= 0.6 is 11.6 Å². The number of hydrogen-bond acceptors (Lipinski definition) is 3. The van der Waals surface area contributed by atoms with Crippen molar-refractivity contribution in [3.63, 3.8) is 0 Å². The molecule has 0 radical (unpaired) electrons. The highest BCUT2D eigenvalue weighted by Gasteiger charge is 2.18. The van der Waals surface area contributed by atoms with Gasteiger partial charge in [-0.1, -0.05) is 48.0 Å². The first-order chi connectivity index (χ1) is 11.8. The number of nitrogens with zero attached hydrogens (tertiary/aromatic N) is 1. The van der Waals surface area contributed by atoms with Crippen LogP contribution in [0.5, 0.6) is 0 Å². The smallest absolute Gasteiger partial charge is 0.252 e. The number of nitrogens with one attached hydrogen (secondary N) is 1. The van der Waals surface area contributed by atoms with Gasteiger partial charge in [-0.2, -0.15) is 4.31 Å². The third kappa shape index (κ3) is 5.56. The summed E-state index contributed by atoms with van der Waals surface area (Å²) in [5, 5.41) is 3.07. The fourth-order valence-electron chi connectivity index (χ4n) is 2.37. The number of carbonyl (C=O) groups excluding carboxylic acids is 1. The molecule has 0 heterocycles. The maximum Gasteiger partial charge on any atom is 0.252 e. The van der Waals surface area contributed by atoms with E-state index in [-0.39, 0.29) is 25.5 Å². The quantitative estimate of drug-likeness (QED) is 0.803. The van der Waals surface area contributed by atoms with Gasteiger partial charge in [0, 0.05) is 19.6 Å². The Balaban J connectivity index is 2.01. The van der Waals surface area contributed by atoms with Crippen molar-refractivity contribution in [1.29, 1.82) is 0 Å². The number of aryl methyl sites for hydroxylation is 1. The minimum atomic E-state index is -3.39. The lowest BCUT2D eigenvalue weighted by Gasteiger charge is -2.21. The average Bonchev–Trinajstić information content (AvgIpc) is 2.55. The first-order valence-electron chi connectivity index (χ1n) is 7.81. The Morgan fingerprint density at radius 3 is 2.40 bits per heavy atom. The van der Waals surface area contributed by atoms with Gasteiger partial charge in [0.1, 0.15) is 0 Å². The number of sulfonamides is 1. The van der Waals surface area contributed by atoms with E-state index in [1.54, 1.807) is 24.3 Å². The van der Waals surface area contributed by atoms with E-state index < -0.39 is 10.0 Å². The fourth-order valence-corrected chi connectivity index (χ4v) is 3.39. The second-order valence-electron chi connectivity index (χ2n) is 5.76. The summed E-state index contributed by atoms with van der Waals surface area (Å²) in [6.07, 6.45) is 1.17. The molecular weight excluding hydrogens is 360 g/mol. The van der Waals surface area contributed by atoms with E-state index in [9.17, 15) is 13.2 Å². The van der Waals surface area contributed by atoms with E-state index in [0.29, 0.717) is 10.6 Å². The van der Waals surface area contributed by atoms with Gasteiger partial charge in [0.05, 0.1) is 16.8 Å². The molecule has 0 unspecified atom stereocenters. The van der Waals surface area contributed by atoms with Crippen molar-refractivity contribution in [2.24, 2.45) is 0 Å². The number of carbonyl (C=O) groups is 1. The van der Waals surface area contributed by atoms with Crippen LogP contribution in [0.1, 0.15) is 21.5 Å². The van der Waals surface area contributed by atoms with Gasteiger partial charge < -0.3 is 5.32 Å². The zero-order chi connectivity index (χ0) is 18.4. The molecular formula is C18H21ClN2O3S. The number of benzene rings is 2. The maximum atomic E-state index is 12.1. The topological polar surface area (TPSA) is 66.5 Å². The first kappa shape index (κ1) is 19.4. The van der Waals surface area contributed by atoms with Crippen LogP contribution in [0.4, 0.5) is 0 Å². The molecule has 0 saturated heterocycles. The van der Waals surface area contributed by atoms with Crippen LogP contribution in [-0.4, -0.2) is 38.0 Å². The second-order valence-corrected chi connectivity index (χ2v) is 8.15. The molecule has 2 aromatic rings. The first-order valence-corrected chi connectivity index (χ1v) is 10.0. The summed E-state index contributed by atoms with van der Waals surface area (Å²) in [6.45, 7) is 2.59. The molecule has 0 saturated carbocycles. The van der Waals surface area contributed by atoms with Gasteiger partial charge in [-0.25, -0.2) is 8.42 Å². The van der Waals surface area contributed by atoms with Crippen molar-refractivity contribution in [3.05, 3.63) is 70.2 Å². The molecule has 0 bridgehead atoms. The summed E-state index contributed by atoms with van der Waals surface area (Å²) < 4.78 is 25.4. The molecule has 0 aliphatic carbocycles. The third-order valence-electron chi connectivity index (χ3n) is 3.84. The lowest BCUT2D eigenvalue weighted by atomic mass is 10.1. The zero-order valence-electron chi connectivity index (χ0n) is 14.2. The molecule has 0 spiro atoms. The van der Waals surface area contributed by atoms with Gasteiger partial charge in [-0.05, 0) is 30.2 Å². The Morgan fingerprint density at radius 1 is 1.12 bits per heavy atom. The third-order valence-corrected chi connectivity index (χ3v) is 5.42. The molecule has 0 fully saturated rings. The van der Waals surface area contributed by atoms with E-state index in [0.717, 1.165) is 11.1 Å². The van der Waals surface area contributed by atoms with Crippen molar-refractivity contribution < 1.29 is 13.2 Å². The molecule has 0 aliphatic rings. The SMILES string of the molecule is Cc1ccccc1CN(CCNC(=O)c1ccccc1Cl)S(C)(=O)=O. The lowest BCUT2D eigenvalue weighted by molar-refractivity contribution is 0.0951. The van der Waals surface area contributed by atoms with Crippen LogP contribution in [0.15, 0.2) is 48.5 Å². The monoisotopic (exact) mass is 380 g/mol. The predicted molar refractivity (Wildman–Crippen MR) is 100 cm³/mol. The highest BCUT2D eigenvalue weighted by Crippen LogP contribution is 2.15. The normalized spacial score (nSPS) is 11.5. The molecule has 5 nitrogen and oxygen atoms in total. The van der Waals surface area contributed by atoms with Crippen LogP contribution in [0.3, 0.4) is 0 Å². The van der Waals surface area contributed by atoms with Gasteiger partial charge in [-0.3, -0.25) is 4.79 Å².